The maximum Gasteiger partial charge on any atom is 0.258 e. The third kappa shape index (κ3) is 4.51. The Balaban J connectivity index is 2.58. The number of halogens is 1. The Bertz CT molecular complexity index is 466. The van der Waals surface area contributed by atoms with Gasteiger partial charge in [0.25, 0.3) is 5.91 Å². The summed E-state index contributed by atoms with van der Waals surface area (Å²) in [6.07, 6.45) is 0. The first kappa shape index (κ1) is 13.6. The number of carbonyl (C=O) groups excluding carboxylic acids is 1. The van der Waals surface area contributed by atoms with E-state index in [0.29, 0.717) is 10.6 Å². The highest BCUT2D eigenvalue weighted by Crippen LogP contribution is 2.14. The number of carbonyl (C=O) groups is 1. The van der Waals surface area contributed by atoms with Crippen molar-refractivity contribution in [3.05, 3.63) is 34.9 Å². The van der Waals surface area contributed by atoms with Crippen molar-refractivity contribution < 1.29 is 4.79 Å². The van der Waals surface area contributed by atoms with Crippen molar-refractivity contribution in [2.24, 2.45) is 5.73 Å². The van der Waals surface area contributed by atoms with Gasteiger partial charge in [-0.2, -0.15) is 0 Å². The van der Waals surface area contributed by atoms with Gasteiger partial charge in [-0.25, -0.2) is 0 Å². The van der Waals surface area contributed by atoms with Crippen molar-refractivity contribution in [1.29, 1.82) is 0 Å². The van der Waals surface area contributed by atoms with Gasteiger partial charge in [0.05, 0.1) is 10.6 Å². The lowest BCUT2D eigenvalue weighted by Gasteiger charge is -2.10. The maximum absolute atomic E-state index is 11.7. The summed E-state index contributed by atoms with van der Waals surface area (Å²) in [5.41, 5.74) is 10.3. The molecule has 0 unspecified atom stereocenters. The number of rotatable bonds is 1. The first-order chi connectivity index (χ1) is 8.00. The molecule has 0 bridgehead atoms. The predicted octanol–water partition coefficient (Wildman–Crippen LogP) is 0.693. The van der Waals surface area contributed by atoms with Crippen LogP contribution in [0.25, 0.3) is 0 Å². The second-order valence-corrected chi connectivity index (χ2v) is 4.13. The number of hydrazine groups is 1. The van der Waals surface area contributed by atoms with E-state index in [0.717, 1.165) is 0 Å². The summed E-state index contributed by atoms with van der Waals surface area (Å²) in [6.45, 7) is 0. The van der Waals surface area contributed by atoms with E-state index in [1.165, 1.54) is 0 Å². The Morgan fingerprint density at radius 1 is 1.24 bits per heavy atom. The van der Waals surface area contributed by atoms with Crippen LogP contribution in [-0.4, -0.2) is 16.1 Å². The van der Waals surface area contributed by atoms with Crippen LogP contribution in [0.2, 0.25) is 5.02 Å². The summed E-state index contributed by atoms with van der Waals surface area (Å²) in [6, 6.07) is 6.62. The average Bonchev–Trinajstić information content (AvgIpc) is 2.26. The van der Waals surface area contributed by atoms with Gasteiger partial charge in [-0.1, -0.05) is 23.7 Å². The van der Waals surface area contributed by atoms with Crippen LogP contribution in [0.5, 0.6) is 0 Å². The molecule has 0 radical (unpaired) electrons. The summed E-state index contributed by atoms with van der Waals surface area (Å²) in [5.74, 6) is -0.419. The molecular weight excluding hydrogens is 280 g/mol. The highest BCUT2D eigenvalue weighted by atomic mass is 35.5. The number of thiocarbonyl (C=S) groups is 2. The van der Waals surface area contributed by atoms with Crippen LogP contribution in [0.15, 0.2) is 24.3 Å². The zero-order valence-corrected chi connectivity index (χ0v) is 10.9. The van der Waals surface area contributed by atoms with Crippen LogP contribution in [0.1, 0.15) is 10.4 Å². The largest absolute Gasteiger partial charge is 0.375 e. The zero-order valence-electron chi connectivity index (χ0n) is 8.49. The van der Waals surface area contributed by atoms with Crippen LogP contribution in [0.4, 0.5) is 0 Å². The minimum absolute atomic E-state index is 0.0133. The number of hydrogen-bond donors (Lipinski definition) is 4. The van der Waals surface area contributed by atoms with E-state index in [9.17, 15) is 4.79 Å². The topological polar surface area (TPSA) is 79.2 Å². The molecule has 1 rings (SSSR count). The predicted molar refractivity (Wildman–Crippen MR) is 74.6 cm³/mol. The Kier molecular flexibility index (Phi) is 5.08. The molecule has 0 spiro atoms. The van der Waals surface area contributed by atoms with E-state index in [-0.39, 0.29) is 10.2 Å². The summed E-state index contributed by atoms with van der Waals surface area (Å²) in [7, 11) is 0. The number of amides is 1. The molecule has 5 N–H and O–H groups in total. The Morgan fingerprint density at radius 3 is 2.47 bits per heavy atom. The van der Waals surface area contributed by atoms with E-state index in [1.54, 1.807) is 24.3 Å². The third-order valence-corrected chi connectivity index (χ3v) is 2.28. The molecule has 8 heteroatoms. The Morgan fingerprint density at radius 2 is 1.88 bits per heavy atom. The Hall–Kier alpha value is -1.44. The molecule has 1 aromatic rings. The van der Waals surface area contributed by atoms with Crippen LogP contribution >= 0.6 is 36.0 Å². The molecule has 0 atom stereocenters. The lowest BCUT2D eigenvalue weighted by molar-refractivity contribution is 0.0976. The molecule has 0 aliphatic heterocycles. The SMILES string of the molecule is NC(=S)NNC(=S)NC(=O)c1ccccc1Cl. The maximum atomic E-state index is 11.7. The van der Waals surface area contributed by atoms with Gasteiger partial charge in [-0.15, -0.1) is 0 Å². The molecule has 0 fully saturated rings. The summed E-state index contributed by atoms with van der Waals surface area (Å²) in [4.78, 5) is 11.7. The molecule has 0 aromatic heterocycles. The normalized spacial score (nSPS) is 9.24. The van der Waals surface area contributed by atoms with E-state index in [4.69, 9.17) is 29.6 Å². The lowest BCUT2D eigenvalue weighted by atomic mass is 10.2. The molecule has 0 aliphatic carbocycles. The molecular formula is C9H9ClN4OS2. The van der Waals surface area contributed by atoms with Gasteiger partial charge in [0.2, 0.25) is 0 Å². The number of nitrogens with two attached hydrogens (primary N) is 1. The van der Waals surface area contributed by atoms with Crippen molar-refractivity contribution in [3.63, 3.8) is 0 Å². The minimum Gasteiger partial charge on any atom is -0.375 e. The van der Waals surface area contributed by atoms with Gasteiger partial charge >= 0.3 is 0 Å². The van der Waals surface area contributed by atoms with E-state index in [1.807, 2.05) is 0 Å². The van der Waals surface area contributed by atoms with Gasteiger partial charge in [0.15, 0.2) is 10.2 Å². The molecule has 17 heavy (non-hydrogen) atoms. The molecule has 0 saturated heterocycles. The van der Waals surface area contributed by atoms with Crippen LogP contribution in [0, 0.1) is 0 Å². The smallest absolute Gasteiger partial charge is 0.258 e. The van der Waals surface area contributed by atoms with Crippen LogP contribution < -0.4 is 21.9 Å². The first-order valence-electron chi connectivity index (χ1n) is 4.42. The number of benzene rings is 1. The lowest BCUT2D eigenvalue weighted by Crippen LogP contribution is -2.50. The fraction of sp³-hybridized carbons (Fsp3) is 0. The molecule has 0 aliphatic rings. The van der Waals surface area contributed by atoms with Crippen molar-refractivity contribution in [1.82, 2.24) is 16.2 Å². The quantitative estimate of drug-likeness (QED) is 0.450. The average molecular weight is 289 g/mol. The third-order valence-electron chi connectivity index (χ3n) is 1.64. The summed E-state index contributed by atoms with van der Waals surface area (Å²) >= 11 is 15.2. The van der Waals surface area contributed by atoms with E-state index < -0.39 is 5.91 Å². The molecule has 5 nitrogen and oxygen atoms in total. The second-order valence-electron chi connectivity index (χ2n) is 2.88. The van der Waals surface area contributed by atoms with Crippen molar-refractivity contribution >= 4 is 52.2 Å². The summed E-state index contributed by atoms with van der Waals surface area (Å²) < 4.78 is 0. The standard InChI is InChI=1S/C9H9ClN4OS2/c10-6-4-2-1-3-5(6)7(15)12-9(17)14-13-8(11)16/h1-4H,(H3,11,13,16)(H2,12,14,15,17). The first-order valence-corrected chi connectivity index (χ1v) is 5.61. The highest BCUT2D eigenvalue weighted by Gasteiger charge is 2.10. The molecule has 90 valence electrons. The minimum atomic E-state index is -0.419. The molecule has 0 heterocycles. The molecule has 1 aromatic carbocycles. The van der Waals surface area contributed by atoms with Gasteiger partial charge in [0, 0.05) is 0 Å². The fourth-order valence-corrected chi connectivity index (χ4v) is 1.38. The van der Waals surface area contributed by atoms with Crippen molar-refractivity contribution in [2.45, 2.75) is 0 Å². The zero-order chi connectivity index (χ0) is 12.8. The fourth-order valence-electron chi connectivity index (χ4n) is 0.965. The van der Waals surface area contributed by atoms with Crippen LogP contribution in [0.3, 0.4) is 0 Å². The monoisotopic (exact) mass is 288 g/mol. The van der Waals surface area contributed by atoms with Crippen molar-refractivity contribution in [2.75, 3.05) is 0 Å². The van der Waals surface area contributed by atoms with E-state index >= 15 is 0 Å². The van der Waals surface area contributed by atoms with Gasteiger partial charge in [-0.3, -0.25) is 21.0 Å². The molecule has 0 saturated carbocycles. The highest BCUT2D eigenvalue weighted by molar-refractivity contribution is 7.80. The van der Waals surface area contributed by atoms with E-state index in [2.05, 4.69) is 28.4 Å². The van der Waals surface area contributed by atoms with Gasteiger partial charge < -0.3 is 5.73 Å². The van der Waals surface area contributed by atoms with Gasteiger partial charge in [0.1, 0.15) is 0 Å². The number of hydrogen-bond acceptors (Lipinski definition) is 3. The van der Waals surface area contributed by atoms with Crippen LogP contribution in [-0.2, 0) is 0 Å². The summed E-state index contributed by atoms with van der Waals surface area (Å²) in [5, 5.41) is 2.81. The van der Waals surface area contributed by atoms with Crippen molar-refractivity contribution in [3.8, 4) is 0 Å². The Labute approximate surface area is 114 Å². The number of nitrogens with one attached hydrogen (secondary N) is 3. The van der Waals surface area contributed by atoms with Gasteiger partial charge in [-0.05, 0) is 36.6 Å². The molecule has 1 amide bonds. The second kappa shape index (κ2) is 6.33.